The zero-order chi connectivity index (χ0) is 16.9. The number of hydrogen-bond acceptors (Lipinski definition) is 4. The normalized spacial score (nSPS) is 19.0. The van der Waals surface area contributed by atoms with Crippen LogP contribution in [-0.4, -0.2) is 54.5 Å². The lowest BCUT2D eigenvalue weighted by Gasteiger charge is -2.34. The number of fused-ring (bicyclic) bond motifs is 1. The van der Waals surface area contributed by atoms with Crippen LogP contribution in [0.15, 0.2) is 24.3 Å². The van der Waals surface area contributed by atoms with Crippen molar-refractivity contribution in [3.05, 3.63) is 35.4 Å². The second-order valence-electron chi connectivity index (χ2n) is 6.64. The van der Waals surface area contributed by atoms with Gasteiger partial charge in [0.2, 0.25) is 5.91 Å². The lowest BCUT2D eigenvalue weighted by molar-refractivity contribution is -0.149. The molecule has 1 amide bonds. The third-order valence-corrected chi connectivity index (χ3v) is 5.05. The first-order valence-electron chi connectivity index (χ1n) is 8.91. The molecule has 5 nitrogen and oxygen atoms in total. The fraction of sp³-hybridized carbons (Fsp3) is 0.579. The molecule has 0 bridgehead atoms. The summed E-state index contributed by atoms with van der Waals surface area (Å²) in [6, 6.07) is 8.36. The van der Waals surface area contributed by atoms with E-state index < -0.39 is 0 Å². The van der Waals surface area contributed by atoms with Crippen LogP contribution in [0.1, 0.15) is 30.9 Å². The topological polar surface area (TPSA) is 49.9 Å². The minimum atomic E-state index is -0.0869. The lowest BCUT2D eigenvalue weighted by atomic mass is 9.97. The third-order valence-electron chi connectivity index (χ3n) is 5.05. The Morgan fingerprint density at radius 1 is 1.12 bits per heavy atom. The van der Waals surface area contributed by atoms with E-state index in [1.165, 1.54) is 11.1 Å². The molecule has 0 aliphatic carbocycles. The second kappa shape index (κ2) is 7.79. The van der Waals surface area contributed by atoms with Crippen LogP contribution in [0.4, 0.5) is 0 Å². The highest BCUT2D eigenvalue weighted by Crippen LogP contribution is 2.21. The second-order valence-corrected chi connectivity index (χ2v) is 6.64. The van der Waals surface area contributed by atoms with Crippen LogP contribution in [-0.2, 0) is 27.3 Å². The summed E-state index contributed by atoms with van der Waals surface area (Å²) in [6.07, 6.45) is 2.51. The maximum absolute atomic E-state index is 12.6. The maximum atomic E-state index is 12.6. The van der Waals surface area contributed by atoms with Crippen molar-refractivity contribution in [3.63, 3.8) is 0 Å². The number of amides is 1. The number of hydrogen-bond donors (Lipinski definition) is 0. The number of rotatable bonds is 4. The number of nitrogens with zero attached hydrogens (tertiary/aromatic N) is 2. The molecule has 0 unspecified atom stereocenters. The molecular formula is C19H26N2O3. The summed E-state index contributed by atoms with van der Waals surface area (Å²) in [5.41, 5.74) is 2.62. The van der Waals surface area contributed by atoms with Gasteiger partial charge in [-0.3, -0.25) is 14.5 Å². The monoisotopic (exact) mass is 330 g/mol. The third kappa shape index (κ3) is 3.96. The summed E-state index contributed by atoms with van der Waals surface area (Å²) >= 11 is 0. The number of carbonyl (C=O) groups excluding carboxylic acids is 2. The maximum Gasteiger partial charge on any atom is 0.309 e. The molecule has 2 heterocycles. The predicted octanol–water partition coefficient (Wildman–Crippen LogP) is 1.85. The average Bonchev–Trinajstić information content (AvgIpc) is 2.62. The highest BCUT2D eigenvalue weighted by Gasteiger charge is 2.28. The van der Waals surface area contributed by atoms with E-state index in [4.69, 9.17) is 4.74 Å². The van der Waals surface area contributed by atoms with E-state index in [0.29, 0.717) is 19.7 Å². The van der Waals surface area contributed by atoms with Gasteiger partial charge in [-0.2, -0.15) is 0 Å². The van der Waals surface area contributed by atoms with E-state index in [9.17, 15) is 9.59 Å². The molecule has 130 valence electrons. The van der Waals surface area contributed by atoms with E-state index in [1.807, 2.05) is 17.9 Å². The molecule has 5 heteroatoms. The molecule has 1 saturated heterocycles. The first kappa shape index (κ1) is 17.0. The van der Waals surface area contributed by atoms with Gasteiger partial charge in [0.1, 0.15) is 0 Å². The Labute approximate surface area is 143 Å². The van der Waals surface area contributed by atoms with Crippen LogP contribution in [0.25, 0.3) is 0 Å². The van der Waals surface area contributed by atoms with Crippen molar-refractivity contribution in [2.45, 2.75) is 32.7 Å². The van der Waals surface area contributed by atoms with Crippen LogP contribution in [0.5, 0.6) is 0 Å². The zero-order valence-corrected chi connectivity index (χ0v) is 14.4. The molecule has 24 heavy (non-hydrogen) atoms. The highest BCUT2D eigenvalue weighted by atomic mass is 16.5. The van der Waals surface area contributed by atoms with Gasteiger partial charge in [-0.1, -0.05) is 24.3 Å². The molecule has 2 aliphatic heterocycles. The van der Waals surface area contributed by atoms with E-state index in [2.05, 4.69) is 23.1 Å². The lowest BCUT2D eigenvalue weighted by Crippen LogP contribution is -2.45. The molecule has 0 aromatic heterocycles. The van der Waals surface area contributed by atoms with E-state index >= 15 is 0 Å². The van der Waals surface area contributed by atoms with Crippen LogP contribution >= 0.6 is 0 Å². The summed E-state index contributed by atoms with van der Waals surface area (Å²) in [5, 5.41) is 0. The molecule has 1 fully saturated rings. The largest absolute Gasteiger partial charge is 0.466 e. The van der Waals surface area contributed by atoms with Gasteiger partial charge in [-0.25, -0.2) is 0 Å². The summed E-state index contributed by atoms with van der Waals surface area (Å²) < 4.78 is 5.09. The highest BCUT2D eigenvalue weighted by molar-refractivity contribution is 5.78. The van der Waals surface area contributed by atoms with Gasteiger partial charge in [0.05, 0.1) is 19.1 Å². The van der Waals surface area contributed by atoms with Gasteiger partial charge >= 0.3 is 5.97 Å². The van der Waals surface area contributed by atoms with Crippen LogP contribution < -0.4 is 0 Å². The Hall–Kier alpha value is -1.88. The Morgan fingerprint density at radius 3 is 2.54 bits per heavy atom. The number of ether oxygens (including phenoxy) is 1. The summed E-state index contributed by atoms with van der Waals surface area (Å²) in [6.45, 7) is 5.83. The molecule has 0 spiro atoms. The van der Waals surface area contributed by atoms with E-state index in [1.54, 1.807) is 0 Å². The molecule has 0 radical (unpaired) electrons. The predicted molar refractivity (Wildman–Crippen MR) is 91.4 cm³/mol. The standard InChI is InChI=1S/C19H26N2O3/c1-2-24-19(23)16-7-10-20(11-8-16)14-18(22)21-12-9-15-5-3-4-6-17(15)13-21/h3-6,16H,2,7-14H2,1H3. The Kier molecular flexibility index (Phi) is 5.51. The van der Waals surface area contributed by atoms with Crippen molar-refractivity contribution >= 4 is 11.9 Å². The van der Waals surface area contributed by atoms with Crippen LogP contribution in [0.3, 0.4) is 0 Å². The van der Waals surface area contributed by atoms with Gasteiger partial charge < -0.3 is 9.64 Å². The smallest absolute Gasteiger partial charge is 0.309 e. The van der Waals surface area contributed by atoms with Crippen molar-refractivity contribution in [1.29, 1.82) is 0 Å². The minimum Gasteiger partial charge on any atom is -0.466 e. The summed E-state index contributed by atoms with van der Waals surface area (Å²) in [5.74, 6) is 0.105. The summed E-state index contributed by atoms with van der Waals surface area (Å²) in [7, 11) is 0. The minimum absolute atomic E-state index is 0.00170. The van der Waals surface area contributed by atoms with Crippen molar-refractivity contribution in [1.82, 2.24) is 9.80 Å². The number of carbonyl (C=O) groups is 2. The number of benzene rings is 1. The van der Waals surface area contributed by atoms with E-state index in [-0.39, 0.29) is 17.8 Å². The van der Waals surface area contributed by atoms with Gasteiger partial charge in [0.15, 0.2) is 0 Å². The first-order chi connectivity index (χ1) is 11.7. The Morgan fingerprint density at radius 2 is 1.83 bits per heavy atom. The van der Waals surface area contributed by atoms with E-state index in [0.717, 1.165) is 38.9 Å². The van der Waals surface area contributed by atoms with Crippen molar-refractivity contribution in [2.24, 2.45) is 5.92 Å². The Bertz CT molecular complexity index is 594. The van der Waals surface area contributed by atoms with Crippen LogP contribution in [0.2, 0.25) is 0 Å². The molecule has 0 atom stereocenters. The number of likely N-dealkylation sites (tertiary alicyclic amines) is 1. The molecule has 3 rings (SSSR count). The molecule has 1 aromatic rings. The zero-order valence-electron chi connectivity index (χ0n) is 14.4. The molecule has 0 saturated carbocycles. The SMILES string of the molecule is CCOC(=O)C1CCN(CC(=O)N2CCc3ccccc3C2)CC1. The van der Waals surface area contributed by atoms with Gasteiger partial charge in [-0.05, 0) is 50.4 Å². The molecule has 2 aliphatic rings. The Balaban J connectivity index is 1.48. The quantitative estimate of drug-likeness (QED) is 0.791. The number of piperidine rings is 1. The van der Waals surface area contributed by atoms with Gasteiger partial charge in [0.25, 0.3) is 0 Å². The van der Waals surface area contributed by atoms with Crippen LogP contribution in [0, 0.1) is 5.92 Å². The van der Waals surface area contributed by atoms with Gasteiger partial charge in [-0.15, -0.1) is 0 Å². The average molecular weight is 330 g/mol. The molecule has 1 aromatic carbocycles. The molecule has 0 N–H and O–H groups in total. The van der Waals surface area contributed by atoms with Crippen molar-refractivity contribution in [2.75, 3.05) is 32.8 Å². The number of esters is 1. The van der Waals surface area contributed by atoms with Crippen molar-refractivity contribution in [3.8, 4) is 0 Å². The first-order valence-corrected chi connectivity index (χ1v) is 8.91. The fourth-order valence-corrected chi connectivity index (χ4v) is 3.59. The summed E-state index contributed by atoms with van der Waals surface area (Å²) in [4.78, 5) is 28.5. The van der Waals surface area contributed by atoms with Gasteiger partial charge in [0, 0.05) is 13.1 Å². The van der Waals surface area contributed by atoms with Crippen molar-refractivity contribution < 1.29 is 14.3 Å². The molecular weight excluding hydrogens is 304 g/mol. The fourth-order valence-electron chi connectivity index (χ4n) is 3.59.